The zero-order valence-corrected chi connectivity index (χ0v) is 18.4. The lowest BCUT2D eigenvalue weighted by molar-refractivity contribution is 0.116. The average Bonchev–Trinajstić information content (AvgIpc) is 3.35. The van der Waals surface area contributed by atoms with Crippen LogP contribution in [0.15, 0.2) is 45.7 Å². The van der Waals surface area contributed by atoms with Crippen LogP contribution in [0.2, 0.25) is 0 Å². The van der Waals surface area contributed by atoms with Crippen molar-refractivity contribution in [3.05, 3.63) is 64.4 Å². The third-order valence-electron chi connectivity index (χ3n) is 5.07. The second kappa shape index (κ2) is 9.25. The molecule has 0 unspecified atom stereocenters. The molecule has 32 heavy (non-hydrogen) atoms. The van der Waals surface area contributed by atoms with E-state index in [2.05, 4.69) is 36.4 Å². The SMILES string of the molecule is CBr.O=c1n(Cc2ccc(-c3nnc(C(F)F)o3)cn2)c2cc(F)ccc2n1C1CNC1. The molecule has 1 N–H and O–H groups in total. The summed E-state index contributed by atoms with van der Waals surface area (Å²) in [5.41, 5.74) is 1.81. The third kappa shape index (κ3) is 4.07. The maximum atomic E-state index is 13.9. The van der Waals surface area contributed by atoms with E-state index in [1.54, 1.807) is 22.8 Å². The van der Waals surface area contributed by atoms with E-state index < -0.39 is 18.1 Å². The van der Waals surface area contributed by atoms with Crippen molar-refractivity contribution < 1.29 is 17.6 Å². The van der Waals surface area contributed by atoms with Crippen LogP contribution >= 0.6 is 15.9 Å². The summed E-state index contributed by atoms with van der Waals surface area (Å²) in [6.45, 7) is 1.47. The van der Waals surface area contributed by atoms with Crippen molar-refractivity contribution in [2.24, 2.45) is 0 Å². The van der Waals surface area contributed by atoms with Crippen molar-refractivity contribution in [1.82, 2.24) is 29.6 Å². The predicted octanol–water partition coefficient (Wildman–Crippen LogP) is 3.53. The van der Waals surface area contributed by atoms with Gasteiger partial charge in [-0.1, -0.05) is 15.9 Å². The van der Waals surface area contributed by atoms with E-state index in [1.807, 2.05) is 5.83 Å². The normalized spacial score (nSPS) is 13.8. The van der Waals surface area contributed by atoms with Crippen LogP contribution in [0.25, 0.3) is 22.5 Å². The van der Waals surface area contributed by atoms with E-state index in [1.165, 1.54) is 22.9 Å². The number of aromatic nitrogens is 5. The molecule has 3 aromatic heterocycles. The Morgan fingerprint density at radius 3 is 2.56 bits per heavy atom. The minimum Gasteiger partial charge on any atom is -0.415 e. The second-order valence-corrected chi connectivity index (χ2v) is 6.97. The molecule has 0 aliphatic carbocycles. The number of nitrogens with one attached hydrogen (secondary N) is 1. The topological polar surface area (TPSA) is 90.8 Å². The van der Waals surface area contributed by atoms with Gasteiger partial charge in [0, 0.05) is 19.3 Å². The Hall–Kier alpha value is -2.99. The fourth-order valence-electron chi connectivity index (χ4n) is 3.46. The van der Waals surface area contributed by atoms with Gasteiger partial charge in [-0.15, -0.1) is 10.2 Å². The highest BCUT2D eigenvalue weighted by atomic mass is 79.9. The van der Waals surface area contributed by atoms with Gasteiger partial charge in [-0.05, 0) is 36.2 Å². The van der Waals surface area contributed by atoms with Gasteiger partial charge in [0.1, 0.15) is 5.82 Å². The first-order valence-electron chi connectivity index (χ1n) is 9.57. The molecule has 0 amide bonds. The van der Waals surface area contributed by atoms with Crippen LogP contribution in [0.1, 0.15) is 24.1 Å². The fourth-order valence-corrected chi connectivity index (χ4v) is 3.46. The third-order valence-corrected chi connectivity index (χ3v) is 5.07. The highest BCUT2D eigenvalue weighted by molar-refractivity contribution is 9.08. The maximum absolute atomic E-state index is 13.9. The van der Waals surface area contributed by atoms with Crippen LogP contribution < -0.4 is 11.0 Å². The molecule has 0 saturated carbocycles. The maximum Gasteiger partial charge on any atom is 0.329 e. The van der Waals surface area contributed by atoms with Crippen LogP contribution in [-0.2, 0) is 6.54 Å². The minimum absolute atomic E-state index is 0.0172. The lowest BCUT2D eigenvalue weighted by Gasteiger charge is -2.28. The van der Waals surface area contributed by atoms with E-state index in [4.69, 9.17) is 4.42 Å². The minimum atomic E-state index is -2.85. The Kier molecular flexibility index (Phi) is 6.42. The van der Waals surface area contributed by atoms with Crippen LogP contribution in [0.3, 0.4) is 0 Å². The Morgan fingerprint density at radius 1 is 1.19 bits per heavy atom. The molecule has 0 bridgehead atoms. The molecule has 1 fully saturated rings. The van der Waals surface area contributed by atoms with E-state index >= 15 is 0 Å². The second-order valence-electron chi connectivity index (χ2n) is 6.97. The van der Waals surface area contributed by atoms with Gasteiger partial charge in [0.25, 0.3) is 5.89 Å². The zero-order chi connectivity index (χ0) is 22.8. The van der Waals surface area contributed by atoms with Gasteiger partial charge in [0.2, 0.25) is 5.89 Å². The van der Waals surface area contributed by atoms with E-state index in [0.29, 0.717) is 35.4 Å². The summed E-state index contributed by atoms with van der Waals surface area (Å²) >= 11 is 2.94. The summed E-state index contributed by atoms with van der Waals surface area (Å²) in [5, 5.41) is 10.00. The zero-order valence-electron chi connectivity index (χ0n) is 16.8. The van der Waals surface area contributed by atoms with Gasteiger partial charge < -0.3 is 9.73 Å². The molecule has 0 radical (unpaired) electrons. The van der Waals surface area contributed by atoms with Gasteiger partial charge in [0.15, 0.2) is 0 Å². The molecule has 8 nitrogen and oxygen atoms in total. The average molecular weight is 511 g/mol. The lowest BCUT2D eigenvalue weighted by Crippen LogP contribution is -2.47. The van der Waals surface area contributed by atoms with Gasteiger partial charge in [-0.25, -0.2) is 9.18 Å². The van der Waals surface area contributed by atoms with Crippen LogP contribution in [0.4, 0.5) is 13.2 Å². The number of halogens is 4. The van der Waals surface area contributed by atoms with E-state index in [-0.39, 0.29) is 24.2 Å². The van der Waals surface area contributed by atoms with Crippen LogP contribution in [0.5, 0.6) is 0 Å². The number of hydrogen-bond donors (Lipinski definition) is 1. The molecule has 0 spiro atoms. The smallest absolute Gasteiger partial charge is 0.329 e. The number of imidazole rings is 1. The standard InChI is InChI=1S/C19H15F3N6O2.CH3Br/c20-11-2-4-14-15(5-11)27(19(29)28(14)13-7-23-8-13)9-12-3-1-10(6-24-12)17-25-26-18(30-17)16(21)22;1-2/h1-6,13,16,23H,7-9H2;1H3. The van der Waals surface area contributed by atoms with Crippen molar-refractivity contribution in [3.8, 4) is 11.5 Å². The van der Waals surface area contributed by atoms with E-state index in [0.717, 1.165) is 0 Å². The number of pyridine rings is 1. The summed E-state index contributed by atoms with van der Waals surface area (Å²) in [7, 11) is 0. The Bertz CT molecular complexity index is 1280. The fraction of sp³-hybridized carbons (Fsp3) is 0.300. The molecule has 1 aliphatic rings. The van der Waals surface area contributed by atoms with Crippen molar-refractivity contribution in [1.29, 1.82) is 0 Å². The summed E-state index contributed by atoms with van der Waals surface area (Å²) in [4.78, 5) is 17.3. The molecule has 4 heterocycles. The summed E-state index contributed by atoms with van der Waals surface area (Å²) < 4.78 is 47.1. The number of nitrogens with zero attached hydrogens (tertiary/aromatic N) is 5. The number of benzene rings is 1. The van der Waals surface area contributed by atoms with Gasteiger partial charge in [-0.2, -0.15) is 8.78 Å². The molecule has 1 aromatic carbocycles. The molecule has 4 aromatic rings. The molecule has 1 saturated heterocycles. The molecule has 0 atom stereocenters. The first-order valence-corrected chi connectivity index (χ1v) is 11.2. The molecule has 1 aliphatic heterocycles. The molecule has 12 heteroatoms. The summed E-state index contributed by atoms with van der Waals surface area (Å²) in [6.07, 6.45) is -1.45. The van der Waals surface area contributed by atoms with Crippen molar-refractivity contribution in [2.75, 3.05) is 18.9 Å². The first-order chi connectivity index (χ1) is 15.5. The molecular formula is C20H18BrF3N6O2. The quantitative estimate of drug-likeness (QED) is 0.413. The largest absolute Gasteiger partial charge is 0.415 e. The van der Waals surface area contributed by atoms with Crippen molar-refractivity contribution in [3.63, 3.8) is 0 Å². The molecule has 5 rings (SSSR count). The van der Waals surface area contributed by atoms with E-state index in [9.17, 15) is 18.0 Å². The number of fused-ring (bicyclic) bond motifs is 1. The van der Waals surface area contributed by atoms with Crippen molar-refractivity contribution >= 4 is 27.0 Å². The number of rotatable bonds is 5. The first kappa shape index (κ1) is 22.2. The lowest BCUT2D eigenvalue weighted by atomic mass is 10.1. The Balaban J connectivity index is 0.00000119. The monoisotopic (exact) mass is 510 g/mol. The summed E-state index contributed by atoms with van der Waals surface area (Å²) in [6, 6.07) is 7.50. The van der Waals surface area contributed by atoms with Gasteiger partial charge >= 0.3 is 12.1 Å². The van der Waals surface area contributed by atoms with Crippen LogP contribution in [-0.4, -0.2) is 43.2 Å². The Morgan fingerprint density at radius 2 is 1.97 bits per heavy atom. The van der Waals surface area contributed by atoms with Crippen LogP contribution in [0, 0.1) is 5.82 Å². The number of alkyl halides is 3. The predicted molar refractivity (Wildman–Crippen MR) is 115 cm³/mol. The highest BCUT2D eigenvalue weighted by Crippen LogP contribution is 2.24. The van der Waals surface area contributed by atoms with Gasteiger partial charge in [0.05, 0.1) is 34.9 Å². The van der Waals surface area contributed by atoms with Crippen molar-refractivity contribution in [2.45, 2.75) is 19.0 Å². The van der Waals surface area contributed by atoms with Gasteiger partial charge in [-0.3, -0.25) is 14.1 Å². The molecular weight excluding hydrogens is 493 g/mol. The summed E-state index contributed by atoms with van der Waals surface area (Å²) in [5.74, 6) is 0.542. The Labute approximate surface area is 188 Å². The molecule has 168 valence electrons. The highest BCUT2D eigenvalue weighted by Gasteiger charge is 2.25. The number of hydrogen-bond acceptors (Lipinski definition) is 6.